The normalized spacial score (nSPS) is 16.8. The fraction of sp³-hybridized carbons (Fsp3) is 0.526. The Hall–Kier alpha value is -2.17. The Kier molecular flexibility index (Phi) is 5.28. The van der Waals surface area contributed by atoms with E-state index in [0.717, 1.165) is 16.7 Å². The molecule has 1 N–H and O–H groups in total. The van der Waals surface area contributed by atoms with Crippen molar-refractivity contribution in [2.75, 3.05) is 7.05 Å². The van der Waals surface area contributed by atoms with Crippen LogP contribution in [0.5, 0.6) is 0 Å². The van der Waals surface area contributed by atoms with Crippen molar-refractivity contribution in [2.45, 2.75) is 51.6 Å². The van der Waals surface area contributed by atoms with Gasteiger partial charge >= 0.3 is 6.03 Å². The molecule has 2 amide bonds. The number of rotatable bonds is 4. The second kappa shape index (κ2) is 7.60. The molecule has 1 unspecified atom stereocenters. The van der Waals surface area contributed by atoms with E-state index in [1.54, 1.807) is 18.1 Å². The molecule has 1 aromatic heterocycles. The van der Waals surface area contributed by atoms with Gasteiger partial charge in [-0.3, -0.25) is 4.98 Å². The van der Waals surface area contributed by atoms with Crippen molar-refractivity contribution in [1.29, 1.82) is 0 Å². The first-order valence-corrected chi connectivity index (χ1v) is 8.86. The molecule has 3 rings (SSSR count). The second-order valence-electron chi connectivity index (χ2n) is 6.84. The van der Waals surface area contributed by atoms with Crippen LogP contribution < -0.4 is 5.32 Å². The second-order valence-corrected chi connectivity index (χ2v) is 6.84. The molecule has 0 saturated heterocycles. The molecular formula is C19H26N4O. The minimum absolute atomic E-state index is 0.0389. The Morgan fingerprint density at radius 2 is 1.96 bits per heavy atom. The number of hydrogen-bond donors (Lipinski definition) is 1. The highest BCUT2D eigenvalue weighted by Crippen LogP contribution is 2.26. The molecule has 5 heteroatoms. The van der Waals surface area contributed by atoms with E-state index in [2.05, 4.69) is 22.2 Å². The van der Waals surface area contributed by atoms with Gasteiger partial charge in [-0.15, -0.1) is 0 Å². The lowest BCUT2D eigenvalue weighted by atomic mass is 9.84. The Labute approximate surface area is 143 Å². The molecule has 1 atom stereocenters. The minimum atomic E-state index is -0.0389. The van der Waals surface area contributed by atoms with Crippen LogP contribution in [0.15, 0.2) is 30.5 Å². The standard InChI is InChI=1S/C19H26N4O/c1-14(15-8-4-3-5-9-15)21-19(24)23(2)13-16-12-20-17-10-6-7-11-18(17)22-16/h6-7,10-12,14-15H,3-5,8-9,13H2,1-2H3,(H,21,24). The lowest BCUT2D eigenvalue weighted by molar-refractivity contribution is 0.193. The number of amides is 2. The van der Waals surface area contributed by atoms with E-state index in [1.807, 2.05) is 24.3 Å². The van der Waals surface area contributed by atoms with Gasteiger partial charge in [0, 0.05) is 13.1 Å². The molecule has 1 heterocycles. The predicted octanol–water partition coefficient (Wildman–Crippen LogP) is 3.74. The zero-order valence-electron chi connectivity index (χ0n) is 14.5. The molecule has 0 aliphatic heterocycles. The summed E-state index contributed by atoms with van der Waals surface area (Å²) in [5.74, 6) is 0.608. The summed E-state index contributed by atoms with van der Waals surface area (Å²) < 4.78 is 0. The molecule has 1 aromatic carbocycles. The fourth-order valence-electron chi connectivity index (χ4n) is 3.44. The van der Waals surface area contributed by atoms with Crippen LogP contribution in [0.3, 0.4) is 0 Å². The van der Waals surface area contributed by atoms with Crippen LogP contribution >= 0.6 is 0 Å². The van der Waals surface area contributed by atoms with E-state index in [9.17, 15) is 4.79 Å². The van der Waals surface area contributed by atoms with Crippen molar-refractivity contribution >= 4 is 17.1 Å². The third-order valence-corrected chi connectivity index (χ3v) is 4.95. The number of urea groups is 1. The minimum Gasteiger partial charge on any atom is -0.335 e. The summed E-state index contributed by atoms with van der Waals surface area (Å²) in [6.45, 7) is 2.58. The molecule has 2 aromatic rings. The number of hydrogen-bond acceptors (Lipinski definition) is 3. The zero-order chi connectivity index (χ0) is 16.9. The molecule has 128 valence electrons. The van der Waals surface area contributed by atoms with Gasteiger partial charge in [0.2, 0.25) is 0 Å². The summed E-state index contributed by atoms with van der Waals surface area (Å²) in [5, 5.41) is 3.15. The van der Waals surface area contributed by atoms with E-state index < -0.39 is 0 Å². The molecule has 1 aliphatic rings. The largest absolute Gasteiger partial charge is 0.335 e. The van der Waals surface area contributed by atoms with Crippen LogP contribution in [0.2, 0.25) is 0 Å². The quantitative estimate of drug-likeness (QED) is 0.931. The smallest absolute Gasteiger partial charge is 0.317 e. The van der Waals surface area contributed by atoms with Crippen molar-refractivity contribution < 1.29 is 4.79 Å². The molecular weight excluding hydrogens is 300 g/mol. The summed E-state index contributed by atoms with van der Waals surface area (Å²) in [6.07, 6.45) is 8.10. The highest BCUT2D eigenvalue weighted by Gasteiger charge is 2.22. The van der Waals surface area contributed by atoms with E-state index in [-0.39, 0.29) is 12.1 Å². The van der Waals surface area contributed by atoms with Crippen molar-refractivity contribution in [3.8, 4) is 0 Å². The monoisotopic (exact) mass is 326 g/mol. The number of aromatic nitrogens is 2. The first-order valence-electron chi connectivity index (χ1n) is 8.86. The molecule has 24 heavy (non-hydrogen) atoms. The Morgan fingerprint density at radius 1 is 1.25 bits per heavy atom. The average Bonchev–Trinajstić information content (AvgIpc) is 2.62. The fourth-order valence-corrected chi connectivity index (χ4v) is 3.44. The lowest BCUT2D eigenvalue weighted by Crippen LogP contribution is -2.45. The lowest BCUT2D eigenvalue weighted by Gasteiger charge is -2.29. The highest BCUT2D eigenvalue weighted by molar-refractivity contribution is 5.75. The van der Waals surface area contributed by atoms with Crippen LogP contribution in [0.1, 0.15) is 44.7 Å². The number of benzene rings is 1. The highest BCUT2D eigenvalue weighted by atomic mass is 16.2. The Bertz CT molecular complexity index is 697. The van der Waals surface area contributed by atoms with Gasteiger partial charge in [0.15, 0.2) is 0 Å². The Balaban J connectivity index is 1.58. The topological polar surface area (TPSA) is 58.1 Å². The van der Waals surface area contributed by atoms with Crippen LogP contribution in [-0.4, -0.2) is 34.0 Å². The van der Waals surface area contributed by atoms with Gasteiger partial charge in [-0.25, -0.2) is 9.78 Å². The van der Waals surface area contributed by atoms with Gasteiger partial charge in [-0.05, 0) is 37.8 Å². The maximum atomic E-state index is 12.4. The van der Waals surface area contributed by atoms with Crippen molar-refractivity contribution in [2.24, 2.45) is 5.92 Å². The number of carbonyl (C=O) groups is 1. The Morgan fingerprint density at radius 3 is 2.71 bits per heavy atom. The number of carbonyl (C=O) groups excluding carboxylic acids is 1. The number of para-hydroxylation sites is 2. The van der Waals surface area contributed by atoms with E-state index in [4.69, 9.17) is 0 Å². The summed E-state index contributed by atoms with van der Waals surface area (Å²) >= 11 is 0. The van der Waals surface area contributed by atoms with Crippen LogP contribution in [-0.2, 0) is 6.54 Å². The molecule has 0 radical (unpaired) electrons. The van der Waals surface area contributed by atoms with Gasteiger partial charge in [-0.1, -0.05) is 31.4 Å². The first kappa shape index (κ1) is 16.7. The van der Waals surface area contributed by atoms with Gasteiger partial charge in [0.05, 0.1) is 29.5 Å². The maximum absolute atomic E-state index is 12.4. The summed E-state index contributed by atoms with van der Waals surface area (Å²) in [5.41, 5.74) is 2.54. The molecule has 0 spiro atoms. The SMILES string of the molecule is CC(NC(=O)N(C)Cc1cnc2ccccc2n1)C1CCCCC1. The van der Waals surface area contributed by atoms with Gasteiger partial charge in [-0.2, -0.15) is 0 Å². The molecule has 5 nitrogen and oxygen atoms in total. The van der Waals surface area contributed by atoms with Crippen molar-refractivity contribution in [1.82, 2.24) is 20.2 Å². The third kappa shape index (κ3) is 4.02. The van der Waals surface area contributed by atoms with Crippen molar-refractivity contribution in [3.05, 3.63) is 36.2 Å². The van der Waals surface area contributed by atoms with E-state index in [1.165, 1.54) is 32.1 Å². The molecule has 1 fully saturated rings. The summed E-state index contributed by atoms with van der Waals surface area (Å²) in [7, 11) is 1.81. The predicted molar refractivity (Wildman–Crippen MR) is 95.6 cm³/mol. The van der Waals surface area contributed by atoms with Gasteiger partial charge in [0.1, 0.15) is 0 Å². The van der Waals surface area contributed by atoms with Crippen LogP contribution in [0.25, 0.3) is 11.0 Å². The molecule has 1 aliphatic carbocycles. The molecule has 0 bridgehead atoms. The number of nitrogens with one attached hydrogen (secondary N) is 1. The summed E-state index contributed by atoms with van der Waals surface area (Å²) in [6, 6.07) is 7.96. The molecule has 1 saturated carbocycles. The van der Waals surface area contributed by atoms with Gasteiger partial charge < -0.3 is 10.2 Å². The average molecular weight is 326 g/mol. The first-order chi connectivity index (χ1) is 11.6. The zero-order valence-corrected chi connectivity index (χ0v) is 14.5. The third-order valence-electron chi connectivity index (χ3n) is 4.95. The van der Waals surface area contributed by atoms with E-state index >= 15 is 0 Å². The van der Waals surface area contributed by atoms with E-state index in [0.29, 0.717) is 12.5 Å². The van der Waals surface area contributed by atoms with Gasteiger partial charge in [0.25, 0.3) is 0 Å². The summed E-state index contributed by atoms with van der Waals surface area (Å²) in [4.78, 5) is 23.1. The maximum Gasteiger partial charge on any atom is 0.317 e. The number of nitrogens with zero attached hydrogens (tertiary/aromatic N) is 3. The van der Waals surface area contributed by atoms with Crippen LogP contribution in [0, 0.1) is 5.92 Å². The van der Waals surface area contributed by atoms with Crippen molar-refractivity contribution in [3.63, 3.8) is 0 Å². The van der Waals surface area contributed by atoms with Crippen LogP contribution in [0.4, 0.5) is 4.79 Å². The number of fused-ring (bicyclic) bond motifs is 1.